The highest BCUT2D eigenvalue weighted by Crippen LogP contribution is 2.25. The van der Waals surface area contributed by atoms with E-state index in [1.807, 2.05) is 6.92 Å². The summed E-state index contributed by atoms with van der Waals surface area (Å²) in [5.74, 6) is -0.406. The number of aliphatic hydroxyl groups is 1. The third kappa shape index (κ3) is 2.44. The van der Waals surface area contributed by atoms with E-state index in [1.165, 1.54) is 18.2 Å². The molecule has 0 bridgehead atoms. The van der Waals surface area contributed by atoms with Gasteiger partial charge >= 0.3 is 0 Å². The van der Waals surface area contributed by atoms with Crippen molar-refractivity contribution in [1.29, 1.82) is 0 Å². The number of benzene rings is 1. The summed E-state index contributed by atoms with van der Waals surface area (Å²) in [6, 6.07) is 3.41. The van der Waals surface area contributed by atoms with Crippen LogP contribution in [0, 0.1) is 5.82 Å². The van der Waals surface area contributed by atoms with E-state index in [2.05, 4.69) is 0 Å². The zero-order chi connectivity index (χ0) is 10.7. The van der Waals surface area contributed by atoms with Crippen molar-refractivity contribution < 1.29 is 9.50 Å². The lowest BCUT2D eigenvalue weighted by molar-refractivity contribution is 0.140. The first-order valence-electron chi connectivity index (χ1n) is 4.44. The van der Waals surface area contributed by atoms with Crippen LogP contribution in [0.5, 0.6) is 0 Å². The molecule has 78 valence electrons. The summed E-state index contributed by atoms with van der Waals surface area (Å²) in [7, 11) is 0. The molecule has 0 saturated heterocycles. The summed E-state index contributed by atoms with van der Waals surface area (Å²) >= 11 is 5.79. The Bertz CT molecular complexity index is 319. The highest BCUT2D eigenvalue weighted by Gasteiger charge is 2.17. The van der Waals surface area contributed by atoms with Crippen LogP contribution in [0.15, 0.2) is 18.2 Å². The number of hydrogen-bond donors (Lipinski definition) is 2. The second-order valence-corrected chi connectivity index (χ2v) is 3.57. The second kappa shape index (κ2) is 4.73. The SMILES string of the molecule is CC[C@@H](O)[C@@H](N)c1ccc(F)cc1Cl. The van der Waals surface area contributed by atoms with Gasteiger partial charge in [0.25, 0.3) is 0 Å². The van der Waals surface area contributed by atoms with Crippen LogP contribution in [0.25, 0.3) is 0 Å². The standard InChI is InChI=1S/C10H13ClFNO/c1-2-9(14)10(13)7-4-3-6(12)5-8(7)11/h3-5,9-10,14H,2,13H2,1H3/t9-,10+/m1/s1. The van der Waals surface area contributed by atoms with Gasteiger partial charge in [0, 0.05) is 5.02 Å². The van der Waals surface area contributed by atoms with E-state index >= 15 is 0 Å². The molecule has 0 unspecified atom stereocenters. The number of halogens is 2. The van der Waals surface area contributed by atoms with Gasteiger partial charge in [0.2, 0.25) is 0 Å². The summed E-state index contributed by atoms with van der Waals surface area (Å²) < 4.78 is 12.7. The van der Waals surface area contributed by atoms with Crippen molar-refractivity contribution in [1.82, 2.24) is 0 Å². The molecule has 0 amide bonds. The molecule has 0 spiro atoms. The maximum absolute atomic E-state index is 12.7. The van der Waals surface area contributed by atoms with Crippen LogP contribution in [0.4, 0.5) is 4.39 Å². The van der Waals surface area contributed by atoms with Crippen LogP contribution in [0.1, 0.15) is 24.9 Å². The number of rotatable bonds is 3. The number of aliphatic hydroxyl groups excluding tert-OH is 1. The first kappa shape index (κ1) is 11.4. The van der Waals surface area contributed by atoms with E-state index in [1.54, 1.807) is 0 Å². The Kier molecular flexibility index (Phi) is 3.86. The van der Waals surface area contributed by atoms with E-state index < -0.39 is 18.0 Å². The van der Waals surface area contributed by atoms with Gasteiger partial charge in [-0.1, -0.05) is 24.6 Å². The summed E-state index contributed by atoms with van der Waals surface area (Å²) in [6.07, 6.45) is -0.118. The smallest absolute Gasteiger partial charge is 0.124 e. The van der Waals surface area contributed by atoms with Gasteiger partial charge in [-0.05, 0) is 24.1 Å². The summed E-state index contributed by atoms with van der Waals surface area (Å²) in [5.41, 5.74) is 6.31. The average molecular weight is 218 g/mol. The predicted molar refractivity (Wildman–Crippen MR) is 54.6 cm³/mol. The molecule has 1 rings (SSSR count). The van der Waals surface area contributed by atoms with E-state index in [9.17, 15) is 9.50 Å². The molecule has 0 radical (unpaired) electrons. The van der Waals surface area contributed by atoms with Gasteiger partial charge in [-0.2, -0.15) is 0 Å². The third-order valence-electron chi connectivity index (χ3n) is 2.15. The molecule has 0 saturated carbocycles. The van der Waals surface area contributed by atoms with Gasteiger partial charge in [0.05, 0.1) is 12.1 Å². The van der Waals surface area contributed by atoms with E-state index in [0.717, 1.165) is 0 Å². The Morgan fingerprint density at radius 3 is 2.71 bits per heavy atom. The molecule has 0 aliphatic carbocycles. The highest BCUT2D eigenvalue weighted by molar-refractivity contribution is 6.31. The molecule has 3 N–H and O–H groups in total. The summed E-state index contributed by atoms with van der Waals surface area (Å²) in [6.45, 7) is 1.82. The van der Waals surface area contributed by atoms with Crippen molar-refractivity contribution in [2.75, 3.05) is 0 Å². The van der Waals surface area contributed by atoms with Gasteiger partial charge in [0.1, 0.15) is 5.82 Å². The molecule has 4 heteroatoms. The van der Waals surface area contributed by atoms with Crippen LogP contribution in [0.3, 0.4) is 0 Å². The van der Waals surface area contributed by atoms with Crippen molar-refractivity contribution in [3.05, 3.63) is 34.6 Å². The first-order chi connectivity index (χ1) is 6.56. The third-order valence-corrected chi connectivity index (χ3v) is 2.48. The van der Waals surface area contributed by atoms with Gasteiger partial charge in [-0.25, -0.2) is 4.39 Å². The monoisotopic (exact) mass is 217 g/mol. The molecule has 1 aromatic carbocycles. The van der Waals surface area contributed by atoms with Crippen molar-refractivity contribution in [3.8, 4) is 0 Å². The average Bonchev–Trinajstić information content (AvgIpc) is 2.15. The fourth-order valence-electron chi connectivity index (χ4n) is 1.23. The molecular formula is C10H13ClFNO. The molecule has 0 heterocycles. The highest BCUT2D eigenvalue weighted by atomic mass is 35.5. The lowest BCUT2D eigenvalue weighted by Crippen LogP contribution is -2.25. The van der Waals surface area contributed by atoms with Gasteiger partial charge < -0.3 is 10.8 Å². The Morgan fingerprint density at radius 1 is 1.57 bits per heavy atom. The van der Waals surface area contributed by atoms with Crippen molar-refractivity contribution >= 4 is 11.6 Å². The minimum Gasteiger partial charge on any atom is -0.391 e. The van der Waals surface area contributed by atoms with Gasteiger partial charge in [-0.15, -0.1) is 0 Å². The molecular weight excluding hydrogens is 205 g/mol. The summed E-state index contributed by atoms with van der Waals surface area (Å²) in [5, 5.41) is 9.75. The van der Waals surface area contributed by atoms with Crippen molar-refractivity contribution in [3.63, 3.8) is 0 Å². The van der Waals surface area contributed by atoms with Crippen LogP contribution >= 0.6 is 11.6 Å². The Hall–Kier alpha value is -0.640. The van der Waals surface area contributed by atoms with Gasteiger partial charge in [0.15, 0.2) is 0 Å². The lowest BCUT2D eigenvalue weighted by atomic mass is 10.0. The minimum atomic E-state index is -0.655. The lowest BCUT2D eigenvalue weighted by Gasteiger charge is -2.18. The first-order valence-corrected chi connectivity index (χ1v) is 4.82. The van der Waals surface area contributed by atoms with Crippen LogP contribution < -0.4 is 5.73 Å². The molecule has 2 atom stereocenters. The van der Waals surface area contributed by atoms with E-state index in [-0.39, 0.29) is 5.02 Å². The zero-order valence-corrected chi connectivity index (χ0v) is 8.63. The Morgan fingerprint density at radius 2 is 2.21 bits per heavy atom. The Balaban J connectivity index is 2.95. The fraction of sp³-hybridized carbons (Fsp3) is 0.400. The fourth-order valence-corrected chi connectivity index (χ4v) is 1.53. The van der Waals surface area contributed by atoms with Crippen LogP contribution in [-0.4, -0.2) is 11.2 Å². The maximum Gasteiger partial charge on any atom is 0.124 e. The molecule has 1 aromatic rings. The quantitative estimate of drug-likeness (QED) is 0.816. The van der Waals surface area contributed by atoms with Gasteiger partial charge in [-0.3, -0.25) is 0 Å². The molecule has 0 aliphatic heterocycles. The van der Waals surface area contributed by atoms with Crippen LogP contribution in [-0.2, 0) is 0 Å². The summed E-state index contributed by atoms with van der Waals surface area (Å²) in [4.78, 5) is 0. The second-order valence-electron chi connectivity index (χ2n) is 3.17. The molecule has 0 aromatic heterocycles. The van der Waals surface area contributed by atoms with E-state index in [4.69, 9.17) is 17.3 Å². The molecule has 0 aliphatic rings. The van der Waals surface area contributed by atoms with E-state index in [0.29, 0.717) is 12.0 Å². The number of hydrogen-bond acceptors (Lipinski definition) is 2. The Labute approximate surface area is 87.5 Å². The molecule has 2 nitrogen and oxygen atoms in total. The van der Waals surface area contributed by atoms with Crippen molar-refractivity contribution in [2.45, 2.75) is 25.5 Å². The predicted octanol–water partition coefficient (Wildman–Crippen LogP) is 2.25. The molecule has 0 fully saturated rings. The number of nitrogens with two attached hydrogens (primary N) is 1. The largest absolute Gasteiger partial charge is 0.391 e. The minimum absolute atomic E-state index is 0.255. The van der Waals surface area contributed by atoms with Crippen molar-refractivity contribution in [2.24, 2.45) is 5.73 Å². The maximum atomic E-state index is 12.7. The normalized spacial score (nSPS) is 15.2. The zero-order valence-electron chi connectivity index (χ0n) is 7.87. The topological polar surface area (TPSA) is 46.2 Å². The van der Waals surface area contributed by atoms with Crippen LogP contribution in [0.2, 0.25) is 5.02 Å². The molecule has 14 heavy (non-hydrogen) atoms.